The molecule has 0 aromatic heterocycles. The van der Waals surface area contributed by atoms with Gasteiger partial charge in [0.25, 0.3) is 5.91 Å². The molecule has 3 atom stereocenters. The van der Waals surface area contributed by atoms with Crippen LogP contribution in [-0.2, 0) is 23.9 Å². The molecule has 0 saturated carbocycles. The number of carboxylic acids is 1. The average molecular weight is 344 g/mol. The highest BCUT2D eigenvalue weighted by Gasteiger charge is 2.29. The van der Waals surface area contributed by atoms with Crippen molar-refractivity contribution in [2.45, 2.75) is 58.3 Å². The van der Waals surface area contributed by atoms with Crippen LogP contribution in [0.25, 0.3) is 0 Å². The molecule has 1 heterocycles. The minimum atomic E-state index is -1.10. The minimum Gasteiger partial charge on any atom is -0.480 e. The summed E-state index contributed by atoms with van der Waals surface area (Å²) in [6.07, 6.45) is 2.24. The van der Waals surface area contributed by atoms with Crippen molar-refractivity contribution in [2.75, 3.05) is 26.3 Å². The number of carbonyl (C=O) groups is 3. The molecule has 1 rings (SSSR count). The monoisotopic (exact) mass is 344 g/mol. The third-order valence-electron chi connectivity index (χ3n) is 3.99. The number of carboxylic acid groups (broad SMARTS) is 1. The smallest absolute Gasteiger partial charge is 0.326 e. The van der Waals surface area contributed by atoms with E-state index in [1.165, 1.54) is 18.7 Å². The zero-order chi connectivity index (χ0) is 18.1. The number of aliphatic carboxylic acids is 1. The first kappa shape index (κ1) is 20.4. The highest BCUT2D eigenvalue weighted by atomic mass is 16.5. The largest absolute Gasteiger partial charge is 0.480 e. The van der Waals surface area contributed by atoms with Gasteiger partial charge in [0.2, 0.25) is 5.91 Å². The van der Waals surface area contributed by atoms with E-state index >= 15 is 0 Å². The molecule has 0 spiro atoms. The van der Waals surface area contributed by atoms with E-state index in [1.54, 1.807) is 6.92 Å². The molecule has 0 aromatic rings. The Labute approximate surface area is 142 Å². The van der Waals surface area contributed by atoms with Gasteiger partial charge in [0.1, 0.15) is 12.1 Å². The molecule has 0 bridgehead atoms. The Balaban J connectivity index is 2.56. The van der Waals surface area contributed by atoms with Gasteiger partial charge in [-0.25, -0.2) is 4.79 Å². The summed E-state index contributed by atoms with van der Waals surface area (Å²) < 4.78 is 11.1. The van der Waals surface area contributed by atoms with Crippen molar-refractivity contribution in [1.29, 1.82) is 0 Å². The molecule has 3 unspecified atom stereocenters. The summed E-state index contributed by atoms with van der Waals surface area (Å²) in [7, 11) is 0. The zero-order valence-electron chi connectivity index (χ0n) is 14.6. The van der Waals surface area contributed by atoms with E-state index in [9.17, 15) is 19.5 Å². The lowest BCUT2D eigenvalue weighted by Gasteiger charge is -2.30. The molecular weight excluding hydrogens is 316 g/mol. The van der Waals surface area contributed by atoms with Crippen LogP contribution in [0.5, 0.6) is 0 Å². The molecule has 0 aromatic carbocycles. The molecule has 2 N–H and O–H groups in total. The van der Waals surface area contributed by atoms with Crippen LogP contribution in [-0.4, -0.2) is 72.3 Å². The summed E-state index contributed by atoms with van der Waals surface area (Å²) in [4.78, 5) is 35.9. The van der Waals surface area contributed by atoms with E-state index in [0.29, 0.717) is 13.2 Å². The van der Waals surface area contributed by atoms with Gasteiger partial charge in [0.05, 0.1) is 12.7 Å². The molecule has 1 aliphatic heterocycles. The van der Waals surface area contributed by atoms with Gasteiger partial charge in [-0.3, -0.25) is 9.59 Å². The standard InChI is InChI=1S/C16H28N2O6/c1-11(16(21)22)18(8-7-17-13(3)19)15(20)12(2)24-10-14-6-4-5-9-23-14/h11-12,14H,4-10H2,1-3H3,(H,17,19)(H,21,22). The topological polar surface area (TPSA) is 105 Å². The SMILES string of the molecule is CC(=O)NCCN(C(=O)C(C)OCC1CCCCO1)C(C)C(=O)O. The number of amides is 2. The lowest BCUT2D eigenvalue weighted by atomic mass is 10.1. The zero-order valence-corrected chi connectivity index (χ0v) is 14.6. The number of carbonyl (C=O) groups excluding carboxylic acids is 2. The molecule has 24 heavy (non-hydrogen) atoms. The number of rotatable bonds is 9. The second-order valence-corrected chi connectivity index (χ2v) is 5.99. The van der Waals surface area contributed by atoms with Crippen molar-refractivity contribution < 1.29 is 29.0 Å². The first-order valence-electron chi connectivity index (χ1n) is 8.33. The van der Waals surface area contributed by atoms with Crippen LogP contribution >= 0.6 is 0 Å². The van der Waals surface area contributed by atoms with E-state index in [2.05, 4.69) is 5.32 Å². The molecular formula is C16H28N2O6. The molecule has 0 radical (unpaired) electrons. The van der Waals surface area contributed by atoms with Crippen LogP contribution in [0, 0.1) is 0 Å². The van der Waals surface area contributed by atoms with E-state index < -0.39 is 24.0 Å². The first-order valence-corrected chi connectivity index (χ1v) is 8.33. The molecule has 1 saturated heterocycles. The molecule has 1 fully saturated rings. The second-order valence-electron chi connectivity index (χ2n) is 5.99. The maximum absolute atomic E-state index is 12.5. The predicted octanol–water partition coefficient (Wildman–Crippen LogP) is 0.398. The lowest BCUT2D eigenvalue weighted by Crippen LogP contribution is -2.50. The van der Waals surface area contributed by atoms with Gasteiger partial charge >= 0.3 is 5.97 Å². The lowest BCUT2D eigenvalue weighted by molar-refractivity contribution is -0.156. The second kappa shape index (κ2) is 10.2. The third-order valence-corrected chi connectivity index (χ3v) is 3.99. The Bertz CT molecular complexity index is 436. The number of ether oxygens (including phenoxy) is 2. The maximum atomic E-state index is 12.5. The quantitative estimate of drug-likeness (QED) is 0.627. The van der Waals surface area contributed by atoms with E-state index in [4.69, 9.17) is 9.47 Å². The van der Waals surface area contributed by atoms with Gasteiger partial charge in [-0.1, -0.05) is 0 Å². The number of nitrogens with one attached hydrogen (secondary N) is 1. The van der Waals surface area contributed by atoms with Crippen LogP contribution in [0.4, 0.5) is 0 Å². The predicted molar refractivity (Wildman–Crippen MR) is 86.5 cm³/mol. The fourth-order valence-electron chi connectivity index (χ4n) is 2.48. The van der Waals surface area contributed by atoms with Crippen LogP contribution in [0.15, 0.2) is 0 Å². The van der Waals surface area contributed by atoms with Crippen LogP contribution in [0.1, 0.15) is 40.0 Å². The molecule has 2 amide bonds. The van der Waals surface area contributed by atoms with Crippen molar-refractivity contribution in [3.05, 3.63) is 0 Å². The fourth-order valence-corrected chi connectivity index (χ4v) is 2.48. The fraction of sp³-hybridized carbons (Fsp3) is 0.812. The Hall–Kier alpha value is -1.67. The first-order chi connectivity index (χ1) is 11.3. The van der Waals surface area contributed by atoms with Crippen molar-refractivity contribution in [2.24, 2.45) is 0 Å². The van der Waals surface area contributed by atoms with Gasteiger partial charge in [-0.2, -0.15) is 0 Å². The summed E-state index contributed by atoms with van der Waals surface area (Å²) in [6.45, 7) is 5.72. The Morgan fingerprint density at radius 3 is 2.58 bits per heavy atom. The number of nitrogens with zero attached hydrogens (tertiary/aromatic N) is 1. The summed E-state index contributed by atoms with van der Waals surface area (Å²) in [5.74, 6) is -1.75. The highest BCUT2D eigenvalue weighted by Crippen LogP contribution is 2.14. The molecule has 1 aliphatic rings. The molecule has 8 heteroatoms. The van der Waals surface area contributed by atoms with Gasteiger partial charge in [-0.15, -0.1) is 0 Å². The van der Waals surface area contributed by atoms with E-state index in [-0.39, 0.29) is 25.1 Å². The third kappa shape index (κ3) is 6.84. The van der Waals surface area contributed by atoms with Crippen molar-refractivity contribution in [3.8, 4) is 0 Å². The Morgan fingerprint density at radius 1 is 1.33 bits per heavy atom. The highest BCUT2D eigenvalue weighted by molar-refractivity contribution is 5.86. The molecule has 8 nitrogen and oxygen atoms in total. The van der Waals surface area contributed by atoms with E-state index in [1.807, 2.05) is 0 Å². The van der Waals surface area contributed by atoms with Gasteiger partial charge < -0.3 is 24.8 Å². The summed E-state index contributed by atoms with van der Waals surface area (Å²) >= 11 is 0. The Morgan fingerprint density at radius 2 is 2.04 bits per heavy atom. The Kier molecular flexibility index (Phi) is 8.70. The van der Waals surface area contributed by atoms with Gasteiger partial charge in [0, 0.05) is 26.6 Å². The summed E-state index contributed by atoms with van der Waals surface area (Å²) in [5, 5.41) is 11.7. The van der Waals surface area contributed by atoms with Crippen molar-refractivity contribution in [1.82, 2.24) is 10.2 Å². The van der Waals surface area contributed by atoms with Gasteiger partial charge in [0.15, 0.2) is 0 Å². The van der Waals surface area contributed by atoms with Gasteiger partial charge in [-0.05, 0) is 33.1 Å². The van der Waals surface area contributed by atoms with Crippen molar-refractivity contribution >= 4 is 17.8 Å². The van der Waals surface area contributed by atoms with Crippen LogP contribution in [0.2, 0.25) is 0 Å². The average Bonchev–Trinajstić information content (AvgIpc) is 2.56. The van der Waals surface area contributed by atoms with Crippen LogP contribution < -0.4 is 5.32 Å². The number of hydrogen-bond acceptors (Lipinski definition) is 5. The minimum absolute atomic E-state index is 0.0151. The van der Waals surface area contributed by atoms with Crippen LogP contribution in [0.3, 0.4) is 0 Å². The number of hydrogen-bond donors (Lipinski definition) is 2. The normalized spacial score (nSPS) is 20.0. The summed E-state index contributed by atoms with van der Waals surface area (Å²) in [6, 6.07) is -0.997. The summed E-state index contributed by atoms with van der Waals surface area (Å²) in [5.41, 5.74) is 0. The van der Waals surface area contributed by atoms with E-state index in [0.717, 1.165) is 19.3 Å². The molecule has 0 aliphatic carbocycles. The van der Waals surface area contributed by atoms with Crippen molar-refractivity contribution in [3.63, 3.8) is 0 Å². The maximum Gasteiger partial charge on any atom is 0.326 e. The molecule has 138 valence electrons.